The average Bonchev–Trinajstić information content (AvgIpc) is 3.68. The van der Waals surface area contributed by atoms with Gasteiger partial charge in [-0.25, -0.2) is 0 Å². The Morgan fingerprint density at radius 3 is 1.40 bits per heavy atom. The Morgan fingerprint density at radius 2 is 0.793 bits per heavy atom. The van der Waals surface area contributed by atoms with Crippen molar-refractivity contribution in [3.8, 4) is 44.5 Å². The lowest BCUT2D eigenvalue weighted by Gasteiger charge is -2.26. The van der Waals surface area contributed by atoms with Gasteiger partial charge in [0.05, 0.1) is 5.69 Å². The molecule has 0 amide bonds. The summed E-state index contributed by atoms with van der Waals surface area (Å²) in [7, 11) is 0. The zero-order valence-electron chi connectivity index (χ0n) is 31.7. The highest BCUT2D eigenvalue weighted by Gasteiger charge is 2.20. The third kappa shape index (κ3) is 6.00. The third-order valence-corrected chi connectivity index (χ3v) is 11.5. The van der Waals surface area contributed by atoms with E-state index in [4.69, 9.17) is 4.42 Å². The number of hydrogen-bond acceptors (Lipinski definition) is 2. The van der Waals surface area contributed by atoms with Gasteiger partial charge in [0.1, 0.15) is 5.58 Å². The maximum absolute atomic E-state index is 6.84. The van der Waals surface area contributed by atoms with E-state index in [1.165, 1.54) is 60.5 Å². The molecule has 0 aliphatic heterocycles. The summed E-state index contributed by atoms with van der Waals surface area (Å²) in [5.74, 6) is 0. The second-order valence-corrected chi connectivity index (χ2v) is 14.9. The fourth-order valence-corrected chi connectivity index (χ4v) is 8.50. The van der Waals surface area contributed by atoms with Crippen LogP contribution in [0, 0.1) is 0 Å². The summed E-state index contributed by atoms with van der Waals surface area (Å²) in [5, 5.41) is 7.13. The van der Waals surface area contributed by atoms with E-state index in [2.05, 4.69) is 229 Å². The molecule has 0 atom stereocenters. The maximum atomic E-state index is 6.84. The van der Waals surface area contributed by atoms with Crippen LogP contribution in [0.15, 0.2) is 229 Å². The highest BCUT2D eigenvalue weighted by molar-refractivity contribution is 6.11. The molecule has 0 saturated heterocycles. The number of benzene rings is 10. The van der Waals surface area contributed by atoms with Crippen molar-refractivity contribution in [1.82, 2.24) is 0 Å². The molecule has 0 radical (unpaired) electrons. The molecule has 272 valence electrons. The molecule has 11 aromatic rings. The first-order valence-corrected chi connectivity index (χ1v) is 19.8. The van der Waals surface area contributed by atoms with Crippen LogP contribution >= 0.6 is 0 Å². The molecule has 58 heavy (non-hydrogen) atoms. The molecule has 1 heterocycles. The van der Waals surface area contributed by atoms with Gasteiger partial charge >= 0.3 is 0 Å². The smallest absolute Gasteiger partial charge is 0.159 e. The molecule has 0 N–H and O–H groups in total. The van der Waals surface area contributed by atoms with Gasteiger partial charge in [0.25, 0.3) is 0 Å². The summed E-state index contributed by atoms with van der Waals surface area (Å²) >= 11 is 0. The average molecular weight is 740 g/mol. The van der Waals surface area contributed by atoms with Crippen LogP contribution in [0.25, 0.3) is 88.0 Å². The predicted molar refractivity (Wildman–Crippen MR) is 245 cm³/mol. The van der Waals surface area contributed by atoms with Gasteiger partial charge in [0.15, 0.2) is 5.58 Å². The summed E-state index contributed by atoms with van der Waals surface area (Å²) in [6.45, 7) is 0. The molecule has 10 aromatic carbocycles. The normalized spacial score (nSPS) is 11.4. The summed E-state index contributed by atoms with van der Waals surface area (Å²) < 4.78 is 6.84. The lowest BCUT2D eigenvalue weighted by Crippen LogP contribution is -2.10. The van der Waals surface area contributed by atoms with Gasteiger partial charge in [-0.2, -0.15) is 0 Å². The fraction of sp³-hybridized carbons (Fsp3) is 0. The number of furan rings is 1. The van der Waals surface area contributed by atoms with E-state index in [9.17, 15) is 0 Å². The Balaban J connectivity index is 1.03. The molecular weight excluding hydrogens is 703 g/mol. The van der Waals surface area contributed by atoms with Crippen molar-refractivity contribution in [3.05, 3.63) is 224 Å². The molecule has 11 rings (SSSR count). The van der Waals surface area contributed by atoms with Crippen LogP contribution < -0.4 is 4.90 Å². The standard InChI is InChI=1S/C56H37NO/c1-2-13-42(14-3-1)50-17-8-9-18-51(50)47-29-34-55-53(37-47)52-19-10-20-54(56(52)58-55)57(48-30-25-40(26-31-48)45-23-21-38-11-4-6-15-43(38)35-45)49-32-27-41(28-33-49)46-24-22-39-12-5-7-16-44(39)36-46/h1-37H. The molecule has 0 aliphatic rings. The Kier molecular flexibility index (Phi) is 8.19. The lowest BCUT2D eigenvalue weighted by atomic mass is 9.94. The van der Waals surface area contributed by atoms with Gasteiger partial charge in [-0.05, 0) is 121 Å². The van der Waals surface area contributed by atoms with E-state index in [1.54, 1.807) is 0 Å². The minimum absolute atomic E-state index is 0.850. The molecule has 1 aromatic heterocycles. The molecule has 2 heteroatoms. The molecule has 0 fully saturated rings. The minimum atomic E-state index is 0.850. The van der Waals surface area contributed by atoms with E-state index in [-0.39, 0.29) is 0 Å². The van der Waals surface area contributed by atoms with E-state index in [0.717, 1.165) is 44.6 Å². The highest BCUT2D eigenvalue weighted by Crippen LogP contribution is 2.44. The summed E-state index contributed by atoms with van der Waals surface area (Å²) in [4.78, 5) is 2.32. The topological polar surface area (TPSA) is 16.4 Å². The number of anilines is 3. The van der Waals surface area contributed by atoms with E-state index < -0.39 is 0 Å². The summed E-state index contributed by atoms with van der Waals surface area (Å²) in [6.07, 6.45) is 0. The zero-order valence-corrected chi connectivity index (χ0v) is 31.7. The van der Waals surface area contributed by atoms with E-state index >= 15 is 0 Å². The molecular formula is C56H37NO. The van der Waals surface area contributed by atoms with Crippen LogP contribution in [0.5, 0.6) is 0 Å². The van der Waals surface area contributed by atoms with Gasteiger partial charge < -0.3 is 9.32 Å². The van der Waals surface area contributed by atoms with Crippen LogP contribution in [-0.4, -0.2) is 0 Å². The first-order valence-electron chi connectivity index (χ1n) is 19.8. The second-order valence-electron chi connectivity index (χ2n) is 14.9. The van der Waals surface area contributed by atoms with E-state index in [1.807, 2.05) is 0 Å². The summed E-state index contributed by atoms with van der Waals surface area (Å²) in [5.41, 5.74) is 14.3. The zero-order chi connectivity index (χ0) is 38.4. The Hall–Kier alpha value is -7.68. The fourth-order valence-electron chi connectivity index (χ4n) is 8.50. The van der Waals surface area contributed by atoms with Gasteiger partial charge in [-0.1, -0.05) is 170 Å². The van der Waals surface area contributed by atoms with Gasteiger partial charge in [0, 0.05) is 22.1 Å². The SMILES string of the molecule is c1ccc(-c2ccccc2-c2ccc3oc4c(N(c5ccc(-c6ccc7ccccc7c6)cc5)c5ccc(-c6ccc7ccccc7c6)cc5)cccc4c3c2)cc1. The number of para-hydroxylation sites is 1. The number of rotatable bonds is 7. The minimum Gasteiger partial charge on any atom is -0.454 e. The van der Waals surface area contributed by atoms with Gasteiger partial charge in [0.2, 0.25) is 0 Å². The first kappa shape index (κ1) is 33.6. The lowest BCUT2D eigenvalue weighted by molar-refractivity contribution is 0.669. The van der Waals surface area contributed by atoms with Crippen molar-refractivity contribution < 1.29 is 4.42 Å². The van der Waals surface area contributed by atoms with Crippen molar-refractivity contribution in [2.24, 2.45) is 0 Å². The monoisotopic (exact) mass is 739 g/mol. The molecule has 2 nitrogen and oxygen atoms in total. The molecule has 0 bridgehead atoms. The largest absolute Gasteiger partial charge is 0.454 e. The Morgan fingerprint density at radius 1 is 0.293 bits per heavy atom. The molecule has 0 aliphatic carbocycles. The second kappa shape index (κ2) is 14.1. The quantitative estimate of drug-likeness (QED) is 0.162. The molecule has 0 saturated carbocycles. The predicted octanol–water partition coefficient (Wildman–Crippen LogP) is 16.0. The van der Waals surface area contributed by atoms with Gasteiger partial charge in [-0.15, -0.1) is 0 Å². The number of hydrogen-bond donors (Lipinski definition) is 0. The molecule has 0 spiro atoms. The number of nitrogens with zero attached hydrogens (tertiary/aromatic N) is 1. The van der Waals surface area contributed by atoms with E-state index in [0.29, 0.717) is 0 Å². The van der Waals surface area contributed by atoms with Crippen LogP contribution in [0.4, 0.5) is 17.1 Å². The van der Waals surface area contributed by atoms with Crippen LogP contribution in [0.1, 0.15) is 0 Å². The Bertz CT molecular complexity index is 3150. The highest BCUT2D eigenvalue weighted by atomic mass is 16.3. The first-order chi connectivity index (χ1) is 28.7. The van der Waals surface area contributed by atoms with Crippen molar-refractivity contribution in [3.63, 3.8) is 0 Å². The Labute approximate surface area is 337 Å². The van der Waals surface area contributed by atoms with Crippen molar-refractivity contribution in [2.75, 3.05) is 4.90 Å². The van der Waals surface area contributed by atoms with Gasteiger partial charge in [-0.3, -0.25) is 0 Å². The van der Waals surface area contributed by atoms with Crippen molar-refractivity contribution in [1.29, 1.82) is 0 Å². The van der Waals surface area contributed by atoms with Crippen molar-refractivity contribution >= 4 is 60.5 Å². The van der Waals surface area contributed by atoms with Crippen LogP contribution in [-0.2, 0) is 0 Å². The number of fused-ring (bicyclic) bond motifs is 5. The summed E-state index contributed by atoms with van der Waals surface area (Å²) in [6, 6.07) is 80.6. The van der Waals surface area contributed by atoms with Crippen LogP contribution in [0.2, 0.25) is 0 Å². The third-order valence-electron chi connectivity index (χ3n) is 11.5. The van der Waals surface area contributed by atoms with Crippen molar-refractivity contribution in [2.45, 2.75) is 0 Å². The molecule has 0 unspecified atom stereocenters. The van der Waals surface area contributed by atoms with Crippen LogP contribution in [0.3, 0.4) is 0 Å². The maximum Gasteiger partial charge on any atom is 0.159 e.